The van der Waals surface area contributed by atoms with Gasteiger partial charge >= 0.3 is 5.97 Å². The molecule has 0 saturated carbocycles. The number of carbonyl (C=O) groups excluding carboxylic acids is 1. The Hall–Kier alpha value is -3.09. The standard InChI is InChI=1S/C20H23N3O4/c1-27-17-12-14(20(25)26)6-8-16(17)22-19(24)15-7-9-18(21-13-15)23-10-4-2-3-5-11-23/h6-9,12-13H,2-5,10-11H2,1H3,(H,22,24)(H,25,26). The first kappa shape index (κ1) is 18.7. The van der Waals surface area contributed by atoms with Gasteiger partial charge in [0.25, 0.3) is 5.91 Å². The van der Waals surface area contributed by atoms with Crippen molar-refractivity contribution in [3.05, 3.63) is 47.7 Å². The van der Waals surface area contributed by atoms with Gasteiger partial charge in [0.2, 0.25) is 0 Å². The highest BCUT2D eigenvalue weighted by atomic mass is 16.5. The summed E-state index contributed by atoms with van der Waals surface area (Å²) in [7, 11) is 1.42. The molecule has 1 saturated heterocycles. The highest BCUT2D eigenvalue weighted by Crippen LogP contribution is 2.26. The van der Waals surface area contributed by atoms with E-state index < -0.39 is 5.97 Å². The molecule has 1 aromatic heterocycles. The Morgan fingerprint density at radius 3 is 2.37 bits per heavy atom. The van der Waals surface area contributed by atoms with E-state index >= 15 is 0 Å². The third-order valence-corrected chi connectivity index (χ3v) is 4.64. The fraction of sp³-hybridized carbons (Fsp3) is 0.350. The number of aromatic carboxylic acids is 1. The number of methoxy groups -OCH3 is 1. The van der Waals surface area contributed by atoms with Crippen molar-refractivity contribution in [2.45, 2.75) is 25.7 Å². The lowest BCUT2D eigenvalue weighted by molar-refractivity contribution is 0.0696. The molecule has 7 nitrogen and oxygen atoms in total. The van der Waals surface area contributed by atoms with Gasteiger partial charge in [0.15, 0.2) is 0 Å². The summed E-state index contributed by atoms with van der Waals surface area (Å²) < 4.78 is 5.18. The molecule has 1 aromatic carbocycles. The van der Waals surface area contributed by atoms with Crippen molar-refractivity contribution >= 4 is 23.4 Å². The number of benzene rings is 1. The number of nitrogens with one attached hydrogen (secondary N) is 1. The number of carbonyl (C=O) groups is 2. The number of ether oxygens (including phenoxy) is 1. The second-order valence-electron chi connectivity index (χ2n) is 6.48. The van der Waals surface area contributed by atoms with Crippen LogP contribution in [-0.4, -0.2) is 42.2 Å². The highest BCUT2D eigenvalue weighted by molar-refractivity contribution is 6.05. The van der Waals surface area contributed by atoms with Gasteiger partial charge in [0.05, 0.1) is 23.9 Å². The molecular weight excluding hydrogens is 346 g/mol. The second-order valence-corrected chi connectivity index (χ2v) is 6.48. The van der Waals surface area contributed by atoms with Crippen LogP contribution < -0.4 is 15.0 Å². The first-order valence-electron chi connectivity index (χ1n) is 9.02. The minimum atomic E-state index is -1.06. The molecule has 142 valence electrons. The van der Waals surface area contributed by atoms with E-state index in [1.807, 2.05) is 6.07 Å². The minimum absolute atomic E-state index is 0.0910. The Kier molecular flexibility index (Phi) is 5.90. The topological polar surface area (TPSA) is 91.8 Å². The summed E-state index contributed by atoms with van der Waals surface area (Å²) in [5, 5.41) is 11.8. The fourth-order valence-corrected chi connectivity index (χ4v) is 3.13. The van der Waals surface area contributed by atoms with Crippen LogP contribution in [0.3, 0.4) is 0 Å². The summed E-state index contributed by atoms with van der Waals surface area (Å²) in [6.45, 7) is 1.98. The van der Waals surface area contributed by atoms with Crippen molar-refractivity contribution in [1.82, 2.24) is 4.98 Å². The third kappa shape index (κ3) is 4.55. The van der Waals surface area contributed by atoms with Crippen LogP contribution >= 0.6 is 0 Å². The Morgan fingerprint density at radius 1 is 1.07 bits per heavy atom. The number of aromatic nitrogens is 1. The summed E-state index contributed by atoms with van der Waals surface area (Å²) in [6.07, 6.45) is 6.39. The summed E-state index contributed by atoms with van der Waals surface area (Å²) in [5.41, 5.74) is 0.926. The number of carboxylic acids is 1. The van der Waals surface area contributed by atoms with E-state index in [0.29, 0.717) is 11.3 Å². The lowest BCUT2D eigenvalue weighted by Gasteiger charge is -2.21. The van der Waals surface area contributed by atoms with Crippen LogP contribution in [0.4, 0.5) is 11.5 Å². The van der Waals surface area contributed by atoms with Gasteiger partial charge < -0.3 is 20.1 Å². The molecule has 1 fully saturated rings. The van der Waals surface area contributed by atoms with Gasteiger partial charge in [-0.1, -0.05) is 12.8 Å². The number of anilines is 2. The van der Waals surface area contributed by atoms with Crippen molar-refractivity contribution < 1.29 is 19.4 Å². The van der Waals surface area contributed by atoms with Crippen molar-refractivity contribution in [2.24, 2.45) is 0 Å². The molecule has 0 unspecified atom stereocenters. The van der Waals surface area contributed by atoms with Crippen molar-refractivity contribution in [1.29, 1.82) is 0 Å². The van der Waals surface area contributed by atoms with Crippen LogP contribution in [0.5, 0.6) is 5.75 Å². The van der Waals surface area contributed by atoms with E-state index in [0.717, 1.165) is 31.7 Å². The Labute approximate surface area is 158 Å². The molecule has 1 aliphatic heterocycles. The highest BCUT2D eigenvalue weighted by Gasteiger charge is 2.15. The lowest BCUT2D eigenvalue weighted by Crippen LogP contribution is -2.25. The quantitative estimate of drug-likeness (QED) is 0.839. The van der Waals surface area contributed by atoms with Crippen molar-refractivity contribution in [3.63, 3.8) is 0 Å². The summed E-state index contributed by atoms with van der Waals surface area (Å²) in [5.74, 6) is -0.208. The number of hydrogen-bond donors (Lipinski definition) is 2. The number of carboxylic acid groups (broad SMARTS) is 1. The maximum Gasteiger partial charge on any atom is 0.335 e. The zero-order chi connectivity index (χ0) is 19.2. The van der Waals surface area contributed by atoms with Crippen molar-refractivity contribution in [2.75, 3.05) is 30.4 Å². The normalized spacial score (nSPS) is 14.3. The molecule has 27 heavy (non-hydrogen) atoms. The van der Waals surface area contributed by atoms with Gasteiger partial charge in [-0.2, -0.15) is 0 Å². The zero-order valence-corrected chi connectivity index (χ0v) is 15.3. The zero-order valence-electron chi connectivity index (χ0n) is 15.3. The van der Waals surface area contributed by atoms with Crippen LogP contribution in [0.1, 0.15) is 46.4 Å². The van der Waals surface area contributed by atoms with Crippen LogP contribution in [0, 0.1) is 0 Å². The van der Waals surface area contributed by atoms with E-state index in [2.05, 4.69) is 15.2 Å². The first-order valence-corrected chi connectivity index (χ1v) is 9.02. The molecular formula is C20H23N3O4. The SMILES string of the molecule is COc1cc(C(=O)O)ccc1NC(=O)c1ccc(N2CCCCCC2)nc1. The van der Waals surface area contributed by atoms with E-state index in [1.54, 1.807) is 12.3 Å². The van der Waals surface area contributed by atoms with Crippen molar-refractivity contribution in [3.8, 4) is 5.75 Å². The summed E-state index contributed by atoms with van der Waals surface area (Å²) in [6, 6.07) is 7.92. The number of hydrogen-bond acceptors (Lipinski definition) is 5. The molecule has 7 heteroatoms. The second kappa shape index (κ2) is 8.53. The van der Waals surface area contributed by atoms with Gasteiger partial charge in [0.1, 0.15) is 11.6 Å². The average molecular weight is 369 g/mol. The predicted octanol–water partition coefficient (Wildman–Crippen LogP) is 3.42. The largest absolute Gasteiger partial charge is 0.495 e. The maximum absolute atomic E-state index is 12.5. The Bertz CT molecular complexity index is 812. The van der Waals surface area contributed by atoms with E-state index in [4.69, 9.17) is 9.84 Å². The Balaban J connectivity index is 1.72. The third-order valence-electron chi connectivity index (χ3n) is 4.64. The molecule has 0 radical (unpaired) electrons. The van der Waals surface area contributed by atoms with Gasteiger partial charge in [0, 0.05) is 19.3 Å². The molecule has 3 rings (SSSR count). The van der Waals surface area contributed by atoms with Gasteiger partial charge in [-0.15, -0.1) is 0 Å². The van der Waals surface area contributed by atoms with Gasteiger partial charge in [-0.3, -0.25) is 4.79 Å². The monoisotopic (exact) mass is 369 g/mol. The van der Waals surface area contributed by atoms with Gasteiger partial charge in [-0.05, 0) is 43.2 Å². The fourth-order valence-electron chi connectivity index (χ4n) is 3.13. The number of pyridine rings is 1. The molecule has 2 aromatic rings. The number of nitrogens with zero attached hydrogens (tertiary/aromatic N) is 2. The van der Waals surface area contributed by atoms with Gasteiger partial charge in [-0.25, -0.2) is 9.78 Å². The van der Waals surface area contributed by atoms with E-state index in [-0.39, 0.29) is 17.2 Å². The summed E-state index contributed by atoms with van der Waals surface area (Å²) in [4.78, 5) is 30.3. The average Bonchev–Trinajstić information content (AvgIpc) is 2.97. The predicted molar refractivity (Wildman–Crippen MR) is 103 cm³/mol. The molecule has 1 amide bonds. The molecule has 0 atom stereocenters. The molecule has 0 spiro atoms. The van der Waals surface area contributed by atoms with E-state index in [9.17, 15) is 9.59 Å². The first-order chi connectivity index (χ1) is 13.1. The number of rotatable bonds is 5. The molecule has 2 heterocycles. The maximum atomic E-state index is 12.5. The van der Waals surface area contributed by atoms with E-state index in [1.165, 1.54) is 38.2 Å². The van der Waals surface area contributed by atoms with Crippen LogP contribution in [-0.2, 0) is 0 Å². The minimum Gasteiger partial charge on any atom is -0.495 e. The lowest BCUT2D eigenvalue weighted by atomic mass is 10.1. The summed E-state index contributed by atoms with van der Waals surface area (Å²) >= 11 is 0. The van der Waals surface area contributed by atoms with Crippen LogP contribution in [0.2, 0.25) is 0 Å². The Morgan fingerprint density at radius 2 is 1.78 bits per heavy atom. The molecule has 0 bridgehead atoms. The van der Waals surface area contributed by atoms with Crippen LogP contribution in [0.15, 0.2) is 36.5 Å². The smallest absolute Gasteiger partial charge is 0.335 e. The molecule has 1 aliphatic rings. The molecule has 0 aliphatic carbocycles. The number of amides is 1. The molecule has 2 N–H and O–H groups in total. The van der Waals surface area contributed by atoms with Crippen LogP contribution in [0.25, 0.3) is 0 Å².